The molecule has 0 radical (unpaired) electrons. The number of hydrogen-bond donors (Lipinski definition) is 2. The number of carbonyl (C=O) groups is 2. The van der Waals surface area contributed by atoms with Crippen LogP contribution in [0.3, 0.4) is 0 Å². The lowest BCUT2D eigenvalue weighted by molar-refractivity contribution is -0.123. The molecule has 2 fully saturated rings. The predicted octanol–water partition coefficient (Wildman–Crippen LogP) is 1.10. The minimum absolute atomic E-state index is 0.151. The molecule has 2 aliphatic heterocycles. The van der Waals surface area contributed by atoms with Gasteiger partial charge in [0.1, 0.15) is 11.9 Å². The smallest absolute Gasteiger partial charge is 0.414 e. The molecular weight excluding hydrogens is 289 g/mol. The number of hydrogen-bond acceptors (Lipinski definition) is 4. The first-order valence-electron chi connectivity index (χ1n) is 7.35. The zero-order chi connectivity index (χ0) is 15.7. The summed E-state index contributed by atoms with van der Waals surface area (Å²) in [7, 11) is 0. The highest BCUT2D eigenvalue weighted by Gasteiger charge is 2.32. The standard InChI is InChI=1S/C15H18FN3O3/c16-13-6-9(19-8-10(7-17)22-15(19)21)3-4-11(13)12-2-1-5-18-14(12)20/h3-4,6,10,12H,1-2,5,7-8,17H2,(H,18,20)/t10-,12?/m0/s1. The monoisotopic (exact) mass is 307 g/mol. The molecule has 1 unspecified atom stereocenters. The fourth-order valence-corrected chi connectivity index (χ4v) is 2.89. The highest BCUT2D eigenvalue weighted by Crippen LogP contribution is 2.30. The molecule has 0 bridgehead atoms. The van der Waals surface area contributed by atoms with Gasteiger partial charge in [0.15, 0.2) is 0 Å². The van der Waals surface area contributed by atoms with Gasteiger partial charge < -0.3 is 15.8 Å². The first-order valence-corrected chi connectivity index (χ1v) is 7.35. The van der Waals surface area contributed by atoms with E-state index in [0.29, 0.717) is 30.8 Å². The van der Waals surface area contributed by atoms with Gasteiger partial charge >= 0.3 is 6.09 Å². The summed E-state index contributed by atoms with van der Waals surface area (Å²) in [5, 5.41) is 2.74. The average Bonchev–Trinajstić information content (AvgIpc) is 2.89. The lowest BCUT2D eigenvalue weighted by atomic mass is 9.90. The minimum Gasteiger partial charge on any atom is -0.443 e. The number of carbonyl (C=O) groups excluding carboxylic acids is 2. The zero-order valence-electron chi connectivity index (χ0n) is 12.0. The second-order valence-corrected chi connectivity index (χ2v) is 5.54. The van der Waals surface area contributed by atoms with E-state index in [1.165, 1.54) is 11.0 Å². The number of anilines is 1. The number of benzene rings is 1. The van der Waals surface area contributed by atoms with Gasteiger partial charge in [0.05, 0.1) is 18.2 Å². The van der Waals surface area contributed by atoms with Gasteiger partial charge in [-0.2, -0.15) is 0 Å². The first-order chi connectivity index (χ1) is 10.6. The van der Waals surface area contributed by atoms with Gasteiger partial charge in [-0.15, -0.1) is 0 Å². The Bertz CT molecular complexity index is 608. The predicted molar refractivity (Wildman–Crippen MR) is 78.1 cm³/mol. The van der Waals surface area contributed by atoms with Crippen molar-refractivity contribution in [3.8, 4) is 0 Å². The van der Waals surface area contributed by atoms with Gasteiger partial charge in [-0.25, -0.2) is 9.18 Å². The van der Waals surface area contributed by atoms with E-state index >= 15 is 0 Å². The number of rotatable bonds is 3. The Morgan fingerprint density at radius 3 is 2.86 bits per heavy atom. The van der Waals surface area contributed by atoms with E-state index in [1.807, 2.05) is 0 Å². The van der Waals surface area contributed by atoms with Crippen LogP contribution in [0.15, 0.2) is 18.2 Å². The fourth-order valence-electron chi connectivity index (χ4n) is 2.89. The third kappa shape index (κ3) is 2.64. The van der Waals surface area contributed by atoms with Crippen molar-refractivity contribution >= 4 is 17.7 Å². The van der Waals surface area contributed by atoms with E-state index in [1.54, 1.807) is 12.1 Å². The third-order valence-electron chi connectivity index (χ3n) is 4.09. The second kappa shape index (κ2) is 5.92. The number of halogens is 1. The minimum atomic E-state index is -0.530. The molecule has 0 aromatic heterocycles. The van der Waals surface area contributed by atoms with Crippen molar-refractivity contribution in [3.63, 3.8) is 0 Å². The summed E-state index contributed by atoms with van der Waals surface area (Å²) in [5.41, 5.74) is 6.26. The summed E-state index contributed by atoms with van der Waals surface area (Å²) in [6, 6.07) is 4.49. The topological polar surface area (TPSA) is 84.7 Å². The van der Waals surface area contributed by atoms with Crippen molar-refractivity contribution in [3.05, 3.63) is 29.6 Å². The number of cyclic esters (lactones) is 1. The van der Waals surface area contributed by atoms with E-state index in [4.69, 9.17) is 10.5 Å². The van der Waals surface area contributed by atoms with Crippen molar-refractivity contribution < 1.29 is 18.7 Å². The van der Waals surface area contributed by atoms with Crippen LogP contribution in [0, 0.1) is 5.82 Å². The maximum absolute atomic E-state index is 14.4. The van der Waals surface area contributed by atoms with Crippen LogP contribution < -0.4 is 16.0 Å². The molecule has 0 saturated carbocycles. The largest absolute Gasteiger partial charge is 0.443 e. The van der Waals surface area contributed by atoms with Crippen LogP contribution in [-0.2, 0) is 9.53 Å². The van der Waals surface area contributed by atoms with Crippen LogP contribution in [-0.4, -0.2) is 37.7 Å². The molecule has 7 heteroatoms. The Morgan fingerprint density at radius 2 is 2.23 bits per heavy atom. The van der Waals surface area contributed by atoms with Gasteiger partial charge in [-0.05, 0) is 25.0 Å². The second-order valence-electron chi connectivity index (χ2n) is 5.54. The van der Waals surface area contributed by atoms with Gasteiger partial charge in [-0.1, -0.05) is 6.07 Å². The number of nitrogens with two attached hydrogens (primary N) is 1. The molecule has 118 valence electrons. The molecule has 2 amide bonds. The summed E-state index contributed by atoms with van der Waals surface area (Å²) < 4.78 is 19.4. The van der Waals surface area contributed by atoms with Gasteiger partial charge in [0, 0.05) is 18.7 Å². The Hall–Kier alpha value is -2.15. The number of nitrogens with zero attached hydrogens (tertiary/aromatic N) is 1. The molecule has 22 heavy (non-hydrogen) atoms. The van der Waals surface area contributed by atoms with Crippen LogP contribution in [0.5, 0.6) is 0 Å². The molecule has 2 saturated heterocycles. The van der Waals surface area contributed by atoms with Crippen LogP contribution >= 0.6 is 0 Å². The van der Waals surface area contributed by atoms with Crippen molar-refractivity contribution in [1.82, 2.24) is 5.32 Å². The normalized spacial score (nSPS) is 25.1. The Morgan fingerprint density at radius 1 is 1.41 bits per heavy atom. The molecule has 6 nitrogen and oxygen atoms in total. The molecule has 0 spiro atoms. The van der Waals surface area contributed by atoms with E-state index < -0.39 is 17.8 Å². The molecule has 1 aromatic rings. The average molecular weight is 307 g/mol. The van der Waals surface area contributed by atoms with Crippen molar-refractivity contribution in [1.29, 1.82) is 0 Å². The number of ether oxygens (including phenoxy) is 1. The van der Waals surface area contributed by atoms with Crippen LogP contribution in [0.1, 0.15) is 24.3 Å². The molecule has 1 aromatic carbocycles. The molecular formula is C15H18FN3O3. The molecule has 2 atom stereocenters. The Labute approximate surface area is 127 Å². The summed E-state index contributed by atoms with van der Waals surface area (Å²) in [5.74, 6) is -1.10. The van der Waals surface area contributed by atoms with E-state index in [0.717, 1.165) is 6.42 Å². The van der Waals surface area contributed by atoms with Crippen molar-refractivity contribution in [2.45, 2.75) is 24.9 Å². The maximum atomic E-state index is 14.4. The molecule has 3 rings (SSSR count). The summed E-state index contributed by atoms with van der Waals surface area (Å²) in [6.45, 7) is 1.16. The summed E-state index contributed by atoms with van der Waals surface area (Å²) >= 11 is 0. The van der Waals surface area contributed by atoms with Gasteiger partial charge in [0.2, 0.25) is 5.91 Å². The Kier molecular flexibility index (Phi) is 3.98. The van der Waals surface area contributed by atoms with Crippen LogP contribution in [0.25, 0.3) is 0 Å². The van der Waals surface area contributed by atoms with E-state index in [2.05, 4.69) is 5.32 Å². The number of amides is 2. The lowest BCUT2D eigenvalue weighted by Gasteiger charge is -2.23. The third-order valence-corrected chi connectivity index (χ3v) is 4.09. The van der Waals surface area contributed by atoms with Crippen molar-refractivity contribution in [2.75, 3.05) is 24.5 Å². The maximum Gasteiger partial charge on any atom is 0.414 e. The Balaban J connectivity index is 1.83. The molecule has 2 aliphatic rings. The SMILES string of the molecule is NC[C@H]1CN(c2ccc(C3CCCNC3=O)c(F)c2)C(=O)O1. The van der Waals surface area contributed by atoms with Crippen LogP contribution in [0.4, 0.5) is 14.9 Å². The number of nitrogens with one attached hydrogen (secondary N) is 1. The highest BCUT2D eigenvalue weighted by atomic mass is 19.1. The lowest BCUT2D eigenvalue weighted by Crippen LogP contribution is -2.35. The first kappa shape index (κ1) is 14.8. The van der Waals surface area contributed by atoms with Gasteiger partial charge in [-0.3, -0.25) is 9.69 Å². The fraction of sp³-hybridized carbons (Fsp3) is 0.467. The molecule has 2 heterocycles. The quantitative estimate of drug-likeness (QED) is 0.876. The highest BCUT2D eigenvalue weighted by molar-refractivity contribution is 5.90. The van der Waals surface area contributed by atoms with Crippen molar-refractivity contribution in [2.24, 2.45) is 5.73 Å². The zero-order valence-corrected chi connectivity index (χ0v) is 12.0. The number of piperidine rings is 1. The van der Waals surface area contributed by atoms with Crippen LogP contribution in [0.2, 0.25) is 0 Å². The summed E-state index contributed by atoms with van der Waals surface area (Å²) in [6.07, 6.45) is 0.550. The van der Waals surface area contributed by atoms with E-state index in [9.17, 15) is 14.0 Å². The summed E-state index contributed by atoms with van der Waals surface area (Å²) in [4.78, 5) is 25.0. The molecule has 3 N–H and O–H groups in total. The molecule has 0 aliphatic carbocycles. The van der Waals surface area contributed by atoms with Gasteiger partial charge in [0.25, 0.3) is 0 Å². The van der Waals surface area contributed by atoms with E-state index in [-0.39, 0.29) is 18.6 Å².